The first kappa shape index (κ1) is 43.8. The Kier molecular flexibility index (Phi) is 13.2. The Morgan fingerprint density at radius 1 is 1.00 bits per heavy atom. The highest BCUT2D eigenvalue weighted by Gasteiger charge is 2.41. The molecule has 7 rings (SSSR count). The topological polar surface area (TPSA) is 167 Å². The fourth-order valence-electron chi connectivity index (χ4n) is 8.78. The van der Waals surface area contributed by atoms with Gasteiger partial charge < -0.3 is 44.1 Å². The Labute approximate surface area is 356 Å². The number of carboxylic acids is 1. The minimum absolute atomic E-state index is 0.0359. The average Bonchev–Trinajstić information content (AvgIpc) is 3.78. The van der Waals surface area contributed by atoms with E-state index in [1.54, 1.807) is 53.5 Å². The van der Waals surface area contributed by atoms with Gasteiger partial charge in [0, 0.05) is 99.1 Å². The monoisotopic (exact) mass is 867 g/mol. The van der Waals surface area contributed by atoms with Crippen molar-refractivity contribution in [3.63, 3.8) is 0 Å². The second-order valence-electron chi connectivity index (χ2n) is 16.2. The first-order chi connectivity index (χ1) is 29.1. The maximum Gasteiger partial charge on any atom is 0.345 e. The molecule has 0 radical (unpaired) electrons. The number of halogens is 4. The molecule has 0 bridgehead atoms. The van der Waals surface area contributed by atoms with E-state index in [4.69, 9.17) is 11.6 Å². The molecule has 326 valence electrons. The fraction of sp³-hybridized carbons (Fsp3) is 0.476. The van der Waals surface area contributed by atoms with Crippen molar-refractivity contribution in [2.24, 2.45) is 18.9 Å². The van der Waals surface area contributed by atoms with Crippen LogP contribution in [-0.2, 0) is 27.9 Å². The molecule has 3 fully saturated rings. The zero-order valence-electron chi connectivity index (χ0n) is 34.3. The number of likely N-dealkylation sites (tertiary alicyclic amines) is 1. The number of carbonyl (C=O) groups excluding carboxylic acids is 4. The molecule has 0 saturated carbocycles. The van der Waals surface area contributed by atoms with Gasteiger partial charge in [-0.25, -0.2) is 9.37 Å². The summed E-state index contributed by atoms with van der Waals surface area (Å²) in [5, 5.41) is 21.9. The van der Waals surface area contributed by atoms with Gasteiger partial charge in [0.2, 0.25) is 5.91 Å². The van der Waals surface area contributed by atoms with Crippen LogP contribution in [0.15, 0.2) is 42.7 Å². The number of piperazine rings is 1. The van der Waals surface area contributed by atoms with Crippen molar-refractivity contribution >= 4 is 41.0 Å². The number of alkyl halides is 2. The number of hydrogen-bond acceptors (Lipinski definition) is 9. The Hall–Kier alpha value is -5.30. The summed E-state index contributed by atoms with van der Waals surface area (Å²) < 4.78 is 48.5. The summed E-state index contributed by atoms with van der Waals surface area (Å²) >= 11 is 6.60. The van der Waals surface area contributed by atoms with Crippen molar-refractivity contribution in [1.82, 2.24) is 34.4 Å². The van der Waals surface area contributed by atoms with Crippen LogP contribution in [-0.4, -0.2) is 136 Å². The molecule has 3 saturated heterocycles. The van der Waals surface area contributed by atoms with Crippen molar-refractivity contribution in [2.75, 3.05) is 77.4 Å². The van der Waals surface area contributed by atoms with Crippen molar-refractivity contribution in [2.45, 2.75) is 39.8 Å². The highest BCUT2D eigenvalue weighted by Crippen LogP contribution is 2.34. The quantitative estimate of drug-likeness (QED) is 0.181. The van der Waals surface area contributed by atoms with Gasteiger partial charge in [-0.2, -0.15) is 13.9 Å². The first-order valence-electron chi connectivity index (χ1n) is 20.3. The summed E-state index contributed by atoms with van der Waals surface area (Å²) in [5.41, 5.74) is 3.24. The molecule has 2 aromatic carbocycles. The van der Waals surface area contributed by atoms with Crippen LogP contribution in [0.2, 0.25) is 5.02 Å². The van der Waals surface area contributed by atoms with Crippen LogP contribution in [0.25, 0.3) is 22.4 Å². The van der Waals surface area contributed by atoms with Crippen LogP contribution in [0.1, 0.15) is 45.1 Å². The van der Waals surface area contributed by atoms with Gasteiger partial charge in [0.05, 0.1) is 67.4 Å². The number of benzene rings is 2. The van der Waals surface area contributed by atoms with Gasteiger partial charge in [-0.3, -0.25) is 19.1 Å². The van der Waals surface area contributed by atoms with E-state index in [1.807, 2.05) is 0 Å². The molecule has 3 aliphatic rings. The summed E-state index contributed by atoms with van der Waals surface area (Å²) in [6.07, 6.45) is 4.17. The summed E-state index contributed by atoms with van der Waals surface area (Å²) in [6, 6.07) is 7.90. The predicted octanol–water partition coefficient (Wildman–Crippen LogP) is 3.33. The smallest absolute Gasteiger partial charge is 0.345 e. The number of rotatable bonds is 14. The zero-order valence-corrected chi connectivity index (χ0v) is 35.0. The molecule has 0 spiro atoms. The van der Waals surface area contributed by atoms with Gasteiger partial charge in [0.25, 0.3) is 11.8 Å². The fourth-order valence-corrected chi connectivity index (χ4v) is 9.05. The Morgan fingerprint density at radius 3 is 2.33 bits per heavy atom. The minimum atomic E-state index is -2.89. The lowest BCUT2D eigenvalue weighted by molar-refractivity contribution is -0.931. The summed E-state index contributed by atoms with van der Waals surface area (Å²) in [7, 11) is 1.63. The molecule has 19 heteroatoms. The van der Waals surface area contributed by atoms with E-state index in [1.165, 1.54) is 29.2 Å². The number of anilines is 1. The number of carboxylic acid groups (broad SMARTS) is 1. The molecule has 61 heavy (non-hydrogen) atoms. The number of nitrogens with zero attached hydrogens (tertiary/aromatic N) is 7. The molecule has 0 atom stereocenters. The summed E-state index contributed by atoms with van der Waals surface area (Å²) in [6.45, 7) is 5.40. The molecule has 2 aromatic heterocycles. The zero-order chi connectivity index (χ0) is 43.6. The van der Waals surface area contributed by atoms with Crippen LogP contribution in [0.4, 0.5) is 18.9 Å². The average molecular weight is 868 g/mol. The van der Waals surface area contributed by atoms with Gasteiger partial charge in [-0.1, -0.05) is 23.7 Å². The summed E-state index contributed by atoms with van der Waals surface area (Å²) in [4.78, 5) is 59.8. The highest BCUT2D eigenvalue weighted by molar-refractivity contribution is 6.34. The Morgan fingerprint density at radius 2 is 1.69 bits per heavy atom. The number of ether oxygens (including phenoxy) is 1. The maximum atomic E-state index is 15.9. The molecule has 15 nitrogen and oxygen atoms in total. The van der Waals surface area contributed by atoms with Crippen LogP contribution in [0, 0.1) is 31.5 Å². The van der Waals surface area contributed by atoms with Crippen LogP contribution in [0.5, 0.6) is 0 Å². The molecular formula is C42H49ClF3N9O6. The van der Waals surface area contributed by atoms with Gasteiger partial charge in [0.1, 0.15) is 12.4 Å². The predicted molar refractivity (Wildman–Crippen MR) is 217 cm³/mol. The molecular weight excluding hydrogens is 819 g/mol. The second-order valence-corrected chi connectivity index (χ2v) is 16.6. The first-order valence-corrected chi connectivity index (χ1v) is 20.7. The highest BCUT2D eigenvalue weighted by atomic mass is 35.5. The van der Waals surface area contributed by atoms with Gasteiger partial charge in [-0.05, 0) is 37.6 Å². The van der Waals surface area contributed by atoms with E-state index in [-0.39, 0.29) is 59.4 Å². The lowest BCUT2D eigenvalue weighted by atomic mass is 9.90. The van der Waals surface area contributed by atoms with Crippen molar-refractivity contribution in [3.05, 3.63) is 76.2 Å². The molecule has 5 heterocycles. The summed E-state index contributed by atoms with van der Waals surface area (Å²) in [5.74, 6) is -2.09. The van der Waals surface area contributed by atoms with Crippen LogP contribution in [0.3, 0.4) is 0 Å². The third kappa shape index (κ3) is 9.46. The second kappa shape index (κ2) is 18.4. The third-order valence-corrected chi connectivity index (χ3v) is 12.7. The number of imidazole rings is 1. The number of hydrogen-bond donors (Lipinski definition) is 2. The van der Waals surface area contributed by atoms with Gasteiger partial charge in [-0.15, -0.1) is 0 Å². The molecule has 4 aromatic rings. The lowest BCUT2D eigenvalue weighted by Gasteiger charge is -2.47. The number of amides is 3. The van der Waals surface area contributed by atoms with Crippen molar-refractivity contribution < 1.29 is 46.7 Å². The van der Waals surface area contributed by atoms with Crippen LogP contribution >= 0.6 is 11.6 Å². The number of aromatic nitrogens is 4. The molecule has 0 unspecified atom stereocenters. The minimum Gasteiger partial charge on any atom is -0.544 e. The number of piperidine rings is 1. The van der Waals surface area contributed by atoms with E-state index in [0.29, 0.717) is 96.3 Å². The normalized spacial score (nSPS) is 19.6. The van der Waals surface area contributed by atoms with E-state index in [2.05, 4.69) is 25.5 Å². The number of quaternary nitrogens is 1. The molecule has 2 N–H and O–H groups in total. The maximum absolute atomic E-state index is 15.9. The van der Waals surface area contributed by atoms with E-state index >= 15 is 4.39 Å². The Balaban J connectivity index is 0.934. The number of nitrogens with one attached hydrogen (secondary N) is 2. The lowest BCUT2D eigenvalue weighted by Crippen LogP contribution is -2.63. The SMILES string of the molecule is Cc1c(-c2cnc(C(=O)Nc3ccc(C(=O)N4CCN(C(=O)C5CC[N+](CC(=O)[O-])(CC6CNC6)CC5)CC4)c(Cl)c3)n2C)ccc(-c2cnn(CCOC(F)F)c2C)c1F. The third-order valence-electron chi connectivity index (χ3n) is 12.4. The van der Waals surface area contributed by atoms with Crippen molar-refractivity contribution in [3.8, 4) is 22.4 Å². The van der Waals surface area contributed by atoms with Gasteiger partial charge >= 0.3 is 6.61 Å². The van der Waals surface area contributed by atoms with Crippen LogP contribution < -0.4 is 15.7 Å². The molecule has 3 amide bonds. The van der Waals surface area contributed by atoms with E-state index < -0.39 is 24.3 Å². The molecule has 3 aliphatic heterocycles. The van der Waals surface area contributed by atoms with E-state index in [9.17, 15) is 33.1 Å². The Bertz CT molecular complexity index is 2300. The standard InChI is InChI=1S/C42H49ClF3N9O6/c1-25-30(6-7-31(37(25)44)33-21-49-54(26(33)2)14-17-61-42(45)46)35-22-48-38(51(35)3)39(58)50-29-4-5-32(34(43)18-29)41(60)53-12-10-52(11-13-53)40(59)28-8-15-55(16-9-28,24-36(56)57)23-27-19-47-20-27/h4-7,18,21-22,27-28,42,47H,8-17,19-20,23-24H2,1-3H3,(H-,50,56,57,58,60). The van der Waals surface area contributed by atoms with E-state index in [0.717, 1.165) is 19.6 Å². The molecule has 0 aliphatic carbocycles. The number of aliphatic carboxylic acids is 1. The van der Waals surface area contributed by atoms with Crippen molar-refractivity contribution in [1.29, 1.82) is 0 Å². The number of carbonyl (C=O) groups is 4. The van der Waals surface area contributed by atoms with Gasteiger partial charge in [0.15, 0.2) is 5.82 Å². The largest absolute Gasteiger partial charge is 0.544 e.